The lowest BCUT2D eigenvalue weighted by atomic mass is 10.1. The number of anilines is 1. The molecule has 5 nitrogen and oxygen atoms in total. The number of carbonyl (C=O) groups excluding carboxylic acids is 1. The highest BCUT2D eigenvalue weighted by atomic mass is 19.4. The predicted molar refractivity (Wildman–Crippen MR) is 76.0 cm³/mol. The minimum Gasteiger partial charge on any atom is -0.464 e. The first-order valence-corrected chi connectivity index (χ1v) is 6.38. The summed E-state index contributed by atoms with van der Waals surface area (Å²) < 4.78 is 44.9. The smallest absolute Gasteiger partial charge is 0.416 e. The van der Waals surface area contributed by atoms with Crippen LogP contribution in [0.4, 0.5) is 18.9 Å². The second-order valence-corrected chi connectivity index (χ2v) is 4.73. The number of aromatic nitrogens is 1. The van der Waals surface area contributed by atoms with Crippen LogP contribution in [-0.4, -0.2) is 17.6 Å². The summed E-state index contributed by atoms with van der Waals surface area (Å²) in [4.78, 5) is 11.9. The van der Waals surface area contributed by atoms with E-state index in [4.69, 9.17) is 11.0 Å². The van der Waals surface area contributed by atoms with Crippen LogP contribution >= 0.6 is 0 Å². The summed E-state index contributed by atoms with van der Waals surface area (Å²) in [5.74, 6) is -0.846. The van der Waals surface area contributed by atoms with Gasteiger partial charge >= 0.3 is 12.1 Å². The van der Waals surface area contributed by atoms with E-state index in [1.54, 1.807) is 6.07 Å². The molecule has 0 amide bonds. The van der Waals surface area contributed by atoms with E-state index >= 15 is 0 Å². The molecule has 0 fully saturated rings. The van der Waals surface area contributed by atoms with E-state index in [1.165, 1.54) is 25.3 Å². The molecule has 0 unspecified atom stereocenters. The Bertz CT molecular complexity index is 817. The average molecular weight is 323 g/mol. The number of halogens is 3. The molecule has 0 bridgehead atoms. The maximum atomic E-state index is 13.0. The van der Waals surface area contributed by atoms with Gasteiger partial charge in [-0.25, -0.2) is 4.79 Å². The number of hydrogen-bond acceptors (Lipinski definition) is 4. The van der Waals surface area contributed by atoms with Gasteiger partial charge in [0, 0.05) is 11.9 Å². The summed E-state index contributed by atoms with van der Waals surface area (Å²) in [6.45, 7) is 1.28. The maximum Gasteiger partial charge on any atom is 0.416 e. The third-order valence-electron chi connectivity index (χ3n) is 3.41. The Morgan fingerprint density at radius 1 is 1.39 bits per heavy atom. The molecular weight excluding hydrogens is 311 g/mol. The van der Waals surface area contributed by atoms with E-state index in [-0.39, 0.29) is 28.2 Å². The fraction of sp³-hybridized carbons (Fsp3) is 0.200. The normalized spacial score (nSPS) is 11.1. The molecule has 0 atom stereocenters. The van der Waals surface area contributed by atoms with Crippen molar-refractivity contribution in [1.29, 1.82) is 5.26 Å². The van der Waals surface area contributed by atoms with E-state index in [9.17, 15) is 18.0 Å². The number of methoxy groups -OCH3 is 1. The van der Waals surface area contributed by atoms with Crippen molar-refractivity contribution in [2.75, 3.05) is 12.8 Å². The average Bonchev–Trinajstić information content (AvgIpc) is 2.82. The van der Waals surface area contributed by atoms with Gasteiger partial charge in [-0.15, -0.1) is 0 Å². The van der Waals surface area contributed by atoms with Gasteiger partial charge in [0.1, 0.15) is 6.07 Å². The van der Waals surface area contributed by atoms with Gasteiger partial charge < -0.3 is 15.0 Å². The van der Waals surface area contributed by atoms with Crippen LogP contribution in [-0.2, 0) is 10.9 Å². The highest BCUT2D eigenvalue weighted by Crippen LogP contribution is 2.35. The Labute approximate surface area is 129 Å². The van der Waals surface area contributed by atoms with Crippen LogP contribution in [0.2, 0.25) is 0 Å². The number of nitriles is 1. The lowest BCUT2D eigenvalue weighted by molar-refractivity contribution is -0.138. The van der Waals surface area contributed by atoms with Gasteiger partial charge in [0.2, 0.25) is 0 Å². The zero-order valence-electron chi connectivity index (χ0n) is 12.2. The molecule has 0 aliphatic rings. The fourth-order valence-corrected chi connectivity index (χ4v) is 2.30. The van der Waals surface area contributed by atoms with Crippen molar-refractivity contribution in [2.24, 2.45) is 0 Å². The second-order valence-electron chi connectivity index (χ2n) is 4.73. The van der Waals surface area contributed by atoms with Crippen LogP contribution in [0.5, 0.6) is 0 Å². The minimum absolute atomic E-state index is 0.0257. The lowest BCUT2D eigenvalue weighted by Gasteiger charge is -2.16. The molecule has 2 rings (SSSR count). The summed E-state index contributed by atoms with van der Waals surface area (Å²) in [5.41, 5.74) is 4.54. The first-order valence-electron chi connectivity index (χ1n) is 6.38. The van der Waals surface area contributed by atoms with Crippen LogP contribution in [0, 0.1) is 18.3 Å². The van der Waals surface area contributed by atoms with Gasteiger partial charge in [0.25, 0.3) is 0 Å². The van der Waals surface area contributed by atoms with E-state index in [0.717, 1.165) is 17.7 Å². The summed E-state index contributed by atoms with van der Waals surface area (Å²) in [7, 11) is 1.12. The highest BCUT2D eigenvalue weighted by Gasteiger charge is 2.33. The maximum absolute atomic E-state index is 13.0. The van der Waals surface area contributed by atoms with Gasteiger partial charge in [-0.2, -0.15) is 18.4 Å². The van der Waals surface area contributed by atoms with Gasteiger partial charge in [-0.05, 0) is 24.6 Å². The number of esters is 1. The molecule has 8 heteroatoms. The minimum atomic E-state index is -4.54. The molecular formula is C15H12F3N3O2. The number of carbonyl (C=O) groups is 1. The number of alkyl halides is 3. The zero-order chi connectivity index (χ0) is 17.4. The van der Waals surface area contributed by atoms with E-state index in [0.29, 0.717) is 0 Å². The molecule has 0 spiro atoms. The van der Waals surface area contributed by atoms with Crippen LogP contribution in [0.25, 0.3) is 5.69 Å². The van der Waals surface area contributed by atoms with E-state index in [1.807, 2.05) is 0 Å². The summed E-state index contributed by atoms with van der Waals surface area (Å²) in [5, 5.41) is 9.04. The Balaban J connectivity index is 2.78. The molecule has 0 saturated heterocycles. The Kier molecular flexibility index (Phi) is 4.06. The van der Waals surface area contributed by atoms with E-state index < -0.39 is 17.7 Å². The fourth-order valence-electron chi connectivity index (χ4n) is 2.30. The Hall–Kier alpha value is -2.95. The van der Waals surface area contributed by atoms with Crippen LogP contribution in [0.1, 0.15) is 27.2 Å². The summed E-state index contributed by atoms with van der Waals surface area (Å²) in [6.07, 6.45) is -3.33. The highest BCUT2D eigenvalue weighted by molar-refractivity contribution is 5.96. The van der Waals surface area contributed by atoms with Crippen LogP contribution in [0.3, 0.4) is 0 Å². The molecule has 0 aliphatic heterocycles. The number of rotatable bonds is 2. The monoisotopic (exact) mass is 323 g/mol. The van der Waals surface area contributed by atoms with Crippen LogP contribution in [0.15, 0.2) is 24.4 Å². The van der Waals surface area contributed by atoms with Gasteiger partial charge in [-0.1, -0.05) is 6.07 Å². The third-order valence-corrected chi connectivity index (χ3v) is 3.41. The molecule has 1 heterocycles. The topological polar surface area (TPSA) is 81.0 Å². The largest absolute Gasteiger partial charge is 0.464 e. The molecule has 23 heavy (non-hydrogen) atoms. The van der Waals surface area contributed by atoms with Crippen molar-refractivity contribution in [3.8, 4) is 11.8 Å². The van der Waals surface area contributed by atoms with Crippen molar-refractivity contribution in [2.45, 2.75) is 13.1 Å². The number of benzene rings is 1. The van der Waals surface area contributed by atoms with Gasteiger partial charge in [-0.3, -0.25) is 0 Å². The number of nitrogens with zero attached hydrogens (tertiary/aromatic N) is 2. The molecule has 0 radical (unpaired) electrons. The summed E-state index contributed by atoms with van der Waals surface area (Å²) >= 11 is 0. The predicted octanol–water partition coefficient (Wildman–Crippen LogP) is 3.05. The molecule has 1 aromatic heterocycles. The third kappa shape index (κ3) is 2.73. The zero-order valence-corrected chi connectivity index (χ0v) is 12.2. The quantitative estimate of drug-likeness (QED) is 0.861. The van der Waals surface area contributed by atoms with Crippen molar-refractivity contribution < 1.29 is 22.7 Å². The standard InChI is InChI=1S/C15H12F3N3O2/c1-8-10(15(16,17)18)4-3-5-11(8)21-7-9(6-19)12(20)13(21)14(22)23-2/h3-5,7H,20H2,1-2H3. The molecule has 120 valence electrons. The van der Waals surface area contributed by atoms with Gasteiger partial charge in [0.05, 0.1) is 23.9 Å². The molecule has 2 N–H and O–H groups in total. The number of ether oxygens (including phenoxy) is 1. The first kappa shape index (κ1) is 16.4. The first-order chi connectivity index (χ1) is 10.7. The molecule has 1 aromatic carbocycles. The summed E-state index contributed by atoms with van der Waals surface area (Å²) in [6, 6.07) is 5.35. The van der Waals surface area contributed by atoms with Crippen molar-refractivity contribution in [1.82, 2.24) is 4.57 Å². The van der Waals surface area contributed by atoms with Crippen LogP contribution < -0.4 is 5.73 Å². The van der Waals surface area contributed by atoms with Crippen molar-refractivity contribution >= 4 is 11.7 Å². The Morgan fingerprint density at radius 2 is 2.04 bits per heavy atom. The lowest BCUT2D eigenvalue weighted by Crippen LogP contribution is -2.14. The van der Waals surface area contributed by atoms with Crippen molar-refractivity contribution in [3.05, 3.63) is 46.8 Å². The Morgan fingerprint density at radius 3 is 2.57 bits per heavy atom. The number of nitrogen functional groups attached to an aromatic ring is 1. The molecule has 0 aliphatic carbocycles. The second kappa shape index (κ2) is 5.68. The number of nitrogens with two attached hydrogens (primary N) is 1. The molecule has 0 saturated carbocycles. The van der Waals surface area contributed by atoms with E-state index in [2.05, 4.69) is 4.74 Å². The SMILES string of the molecule is COC(=O)c1c(N)c(C#N)cn1-c1cccc(C(F)(F)F)c1C. The van der Waals surface area contributed by atoms with Crippen molar-refractivity contribution in [3.63, 3.8) is 0 Å². The molecule has 2 aromatic rings. The van der Waals surface area contributed by atoms with Gasteiger partial charge in [0.15, 0.2) is 5.69 Å². The number of hydrogen-bond donors (Lipinski definition) is 1.